The summed E-state index contributed by atoms with van der Waals surface area (Å²) in [4.78, 5) is 16.5. The lowest BCUT2D eigenvalue weighted by molar-refractivity contribution is -0.136. The van der Waals surface area contributed by atoms with Crippen molar-refractivity contribution in [3.05, 3.63) is 47.4 Å². The first-order valence-electron chi connectivity index (χ1n) is 7.34. The predicted molar refractivity (Wildman–Crippen MR) is 84.1 cm³/mol. The summed E-state index contributed by atoms with van der Waals surface area (Å²) in [6, 6.07) is 7.19. The lowest BCUT2D eigenvalue weighted by Crippen LogP contribution is -2.29. The van der Waals surface area contributed by atoms with E-state index >= 15 is 0 Å². The summed E-state index contributed by atoms with van der Waals surface area (Å²) >= 11 is 0. The van der Waals surface area contributed by atoms with Gasteiger partial charge in [0.15, 0.2) is 0 Å². The Morgan fingerprint density at radius 1 is 1.43 bits per heavy atom. The molecule has 0 fully saturated rings. The molecular formula is C16H18N4O3. The highest BCUT2D eigenvalue weighted by Gasteiger charge is 2.34. The number of benzene rings is 1. The van der Waals surface area contributed by atoms with Crippen molar-refractivity contribution in [2.24, 2.45) is 0 Å². The van der Waals surface area contributed by atoms with Crippen LogP contribution in [0.3, 0.4) is 0 Å². The zero-order chi connectivity index (χ0) is 16.4. The number of allylic oxidation sites excluding steroid dienone is 1. The quantitative estimate of drug-likeness (QED) is 0.871. The summed E-state index contributed by atoms with van der Waals surface area (Å²) in [5.74, 6) is 0.928. The molecular weight excluding hydrogens is 296 g/mol. The third-order valence-electron chi connectivity index (χ3n) is 3.68. The van der Waals surface area contributed by atoms with Crippen LogP contribution in [-0.2, 0) is 9.53 Å². The number of aromatic nitrogens is 3. The molecule has 0 bridgehead atoms. The van der Waals surface area contributed by atoms with Crippen molar-refractivity contribution in [1.29, 1.82) is 0 Å². The van der Waals surface area contributed by atoms with Crippen molar-refractivity contribution in [2.45, 2.75) is 19.9 Å². The van der Waals surface area contributed by atoms with Gasteiger partial charge in [0, 0.05) is 5.70 Å². The molecule has 3 rings (SSSR count). The molecule has 1 unspecified atom stereocenters. The van der Waals surface area contributed by atoms with Crippen LogP contribution < -0.4 is 10.1 Å². The monoisotopic (exact) mass is 314 g/mol. The van der Waals surface area contributed by atoms with Crippen molar-refractivity contribution in [1.82, 2.24) is 14.8 Å². The van der Waals surface area contributed by atoms with Crippen LogP contribution in [0.1, 0.15) is 25.5 Å². The SMILES string of the molecule is CCOc1cccc(C2C(C(=O)OC)=C(C)Nc3ncnn32)c1. The second kappa shape index (κ2) is 6.12. The molecule has 1 aliphatic rings. The van der Waals surface area contributed by atoms with Crippen molar-refractivity contribution >= 4 is 11.9 Å². The van der Waals surface area contributed by atoms with Crippen LogP contribution >= 0.6 is 0 Å². The lowest BCUT2D eigenvalue weighted by atomic mass is 9.95. The molecule has 7 heteroatoms. The maximum Gasteiger partial charge on any atom is 0.338 e. The first-order valence-corrected chi connectivity index (χ1v) is 7.34. The minimum absolute atomic E-state index is 0.400. The smallest absolute Gasteiger partial charge is 0.338 e. The van der Waals surface area contributed by atoms with Gasteiger partial charge >= 0.3 is 5.97 Å². The third-order valence-corrected chi connectivity index (χ3v) is 3.68. The number of nitrogens with one attached hydrogen (secondary N) is 1. The second-order valence-electron chi connectivity index (χ2n) is 5.09. The number of carbonyl (C=O) groups is 1. The maximum absolute atomic E-state index is 12.3. The zero-order valence-corrected chi connectivity index (χ0v) is 13.2. The molecule has 1 N–H and O–H groups in total. The van der Waals surface area contributed by atoms with Gasteiger partial charge in [0.1, 0.15) is 18.1 Å². The van der Waals surface area contributed by atoms with Crippen LogP contribution in [0, 0.1) is 0 Å². The molecule has 0 saturated heterocycles. The lowest BCUT2D eigenvalue weighted by Gasteiger charge is -2.28. The van der Waals surface area contributed by atoms with E-state index in [1.54, 1.807) is 4.68 Å². The average Bonchev–Trinajstić information content (AvgIpc) is 3.01. The Labute approximate surface area is 133 Å². The van der Waals surface area contributed by atoms with Gasteiger partial charge in [-0.25, -0.2) is 9.48 Å². The molecule has 23 heavy (non-hydrogen) atoms. The molecule has 2 heterocycles. The summed E-state index contributed by atoms with van der Waals surface area (Å²) < 4.78 is 12.2. The first kappa shape index (κ1) is 15.1. The minimum atomic E-state index is -0.415. The van der Waals surface area contributed by atoms with Gasteiger partial charge < -0.3 is 14.8 Å². The molecule has 0 spiro atoms. The summed E-state index contributed by atoms with van der Waals surface area (Å²) in [7, 11) is 1.37. The van der Waals surface area contributed by atoms with Crippen LogP contribution in [0.5, 0.6) is 5.75 Å². The van der Waals surface area contributed by atoms with Crippen LogP contribution in [0.4, 0.5) is 5.95 Å². The van der Waals surface area contributed by atoms with Crippen LogP contribution in [0.15, 0.2) is 41.9 Å². The van der Waals surface area contributed by atoms with E-state index in [0.29, 0.717) is 23.8 Å². The number of rotatable bonds is 4. The molecule has 1 atom stereocenters. The molecule has 0 saturated carbocycles. The summed E-state index contributed by atoms with van der Waals surface area (Å²) in [5.41, 5.74) is 2.08. The Hall–Kier alpha value is -2.83. The minimum Gasteiger partial charge on any atom is -0.494 e. The zero-order valence-electron chi connectivity index (χ0n) is 13.2. The Morgan fingerprint density at radius 3 is 3.00 bits per heavy atom. The molecule has 0 radical (unpaired) electrons. The molecule has 7 nitrogen and oxygen atoms in total. The number of carbonyl (C=O) groups excluding carboxylic acids is 1. The Morgan fingerprint density at radius 2 is 2.26 bits per heavy atom. The number of ether oxygens (including phenoxy) is 2. The van der Waals surface area contributed by atoms with Crippen LogP contribution in [0.2, 0.25) is 0 Å². The van der Waals surface area contributed by atoms with Gasteiger partial charge in [0.25, 0.3) is 0 Å². The fraction of sp³-hybridized carbons (Fsp3) is 0.312. The largest absolute Gasteiger partial charge is 0.494 e. The van der Waals surface area contributed by atoms with Crippen LogP contribution in [-0.4, -0.2) is 34.5 Å². The highest BCUT2D eigenvalue weighted by molar-refractivity contribution is 5.92. The molecule has 1 aliphatic heterocycles. The number of nitrogens with zero attached hydrogens (tertiary/aromatic N) is 3. The highest BCUT2D eigenvalue weighted by Crippen LogP contribution is 2.36. The number of hydrogen-bond donors (Lipinski definition) is 1. The molecule has 120 valence electrons. The standard InChI is InChI=1S/C16H18N4O3/c1-4-23-12-7-5-6-11(8-12)14-13(15(21)22-3)10(2)19-16-17-9-18-20(14)16/h5-9,14H,4H2,1-3H3,(H,17,18,19). The highest BCUT2D eigenvalue weighted by atomic mass is 16.5. The summed E-state index contributed by atoms with van der Waals surface area (Å²) in [6.45, 7) is 4.32. The normalized spacial score (nSPS) is 16.6. The molecule has 1 aromatic carbocycles. The van der Waals surface area contributed by atoms with Gasteiger partial charge in [0.2, 0.25) is 5.95 Å². The fourth-order valence-corrected chi connectivity index (χ4v) is 2.71. The number of anilines is 1. The third kappa shape index (κ3) is 2.65. The topological polar surface area (TPSA) is 78.3 Å². The number of hydrogen-bond acceptors (Lipinski definition) is 6. The summed E-state index contributed by atoms with van der Waals surface area (Å²) in [5, 5.41) is 7.33. The van der Waals surface area contributed by atoms with Gasteiger partial charge in [-0.15, -0.1) is 0 Å². The Balaban J connectivity index is 2.13. The number of methoxy groups -OCH3 is 1. The van der Waals surface area contributed by atoms with Crippen molar-refractivity contribution in [2.75, 3.05) is 19.0 Å². The van der Waals surface area contributed by atoms with Crippen molar-refractivity contribution in [3.63, 3.8) is 0 Å². The number of fused-ring (bicyclic) bond motifs is 1. The van der Waals surface area contributed by atoms with Crippen molar-refractivity contribution in [3.8, 4) is 5.75 Å². The fourth-order valence-electron chi connectivity index (χ4n) is 2.71. The van der Waals surface area contributed by atoms with Gasteiger partial charge in [-0.2, -0.15) is 10.1 Å². The first-order chi connectivity index (χ1) is 11.2. The van der Waals surface area contributed by atoms with Gasteiger partial charge in [-0.05, 0) is 31.5 Å². The molecule has 2 aromatic rings. The van der Waals surface area contributed by atoms with E-state index in [-0.39, 0.29) is 0 Å². The number of esters is 1. The van der Waals surface area contributed by atoms with Crippen LogP contribution in [0.25, 0.3) is 0 Å². The molecule has 0 aliphatic carbocycles. The van der Waals surface area contributed by atoms with Gasteiger partial charge in [0.05, 0.1) is 19.3 Å². The van der Waals surface area contributed by atoms with E-state index in [4.69, 9.17) is 9.47 Å². The van der Waals surface area contributed by atoms with E-state index in [1.807, 2.05) is 38.1 Å². The van der Waals surface area contributed by atoms with Crippen molar-refractivity contribution < 1.29 is 14.3 Å². The summed E-state index contributed by atoms with van der Waals surface area (Å²) in [6.07, 6.45) is 1.45. The van der Waals surface area contributed by atoms with E-state index in [2.05, 4.69) is 15.4 Å². The predicted octanol–water partition coefficient (Wildman–Crippen LogP) is 2.14. The van der Waals surface area contributed by atoms with E-state index in [0.717, 1.165) is 11.3 Å². The van der Waals surface area contributed by atoms with Gasteiger partial charge in [-0.3, -0.25) is 0 Å². The van der Waals surface area contributed by atoms with E-state index < -0.39 is 12.0 Å². The molecule has 1 aromatic heterocycles. The van der Waals surface area contributed by atoms with Gasteiger partial charge in [-0.1, -0.05) is 12.1 Å². The average molecular weight is 314 g/mol. The van der Waals surface area contributed by atoms with E-state index in [1.165, 1.54) is 13.4 Å². The Kier molecular flexibility index (Phi) is 4.01. The second-order valence-corrected chi connectivity index (χ2v) is 5.09. The maximum atomic E-state index is 12.3. The Bertz CT molecular complexity index is 766. The molecule has 0 amide bonds. The van der Waals surface area contributed by atoms with E-state index in [9.17, 15) is 4.79 Å².